The summed E-state index contributed by atoms with van der Waals surface area (Å²) in [4.78, 5) is 26.3. The van der Waals surface area contributed by atoms with Crippen LogP contribution in [0.3, 0.4) is 0 Å². The molecule has 1 aliphatic rings. The van der Waals surface area contributed by atoms with Crippen LogP contribution in [-0.4, -0.2) is 29.3 Å². The minimum Gasteiger partial charge on any atom is -0.339 e. The van der Waals surface area contributed by atoms with E-state index in [4.69, 9.17) is 0 Å². The molecular formula is C22H34N2O2. The van der Waals surface area contributed by atoms with Crippen molar-refractivity contribution < 1.29 is 9.59 Å². The topological polar surface area (TPSA) is 49.4 Å². The molecule has 0 atom stereocenters. The fraction of sp³-hybridized carbons (Fsp3) is 0.636. The highest BCUT2D eigenvalue weighted by Crippen LogP contribution is 2.24. The third kappa shape index (κ3) is 6.15. The van der Waals surface area contributed by atoms with E-state index in [9.17, 15) is 9.59 Å². The van der Waals surface area contributed by atoms with Gasteiger partial charge < -0.3 is 10.2 Å². The van der Waals surface area contributed by atoms with Crippen LogP contribution in [0.25, 0.3) is 0 Å². The molecule has 2 amide bonds. The molecule has 1 N–H and O–H groups in total. The summed E-state index contributed by atoms with van der Waals surface area (Å²) in [6, 6.07) is 8.32. The van der Waals surface area contributed by atoms with Gasteiger partial charge in [0.15, 0.2) is 0 Å². The second kappa shape index (κ2) is 9.20. The lowest BCUT2D eigenvalue weighted by molar-refractivity contribution is -0.131. The standard InChI is InChI=1S/C22H34N2O2/c1-17(25)24(20-9-7-5-6-8-10-20)16-15-21(26)23-19-13-11-18(12-14-19)22(2,3)4/h11-14,20H,5-10,15-16H2,1-4H3,(H,23,26). The maximum Gasteiger partial charge on any atom is 0.226 e. The van der Waals surface area contributed by atoms with Crippen LogP contribution in [0.5, 0.6) is 0 Å². The van der Waals surface area contributed by atoms with Gasteiger partial charge in [-0.2, -0.15) is 0 Å². The Balaban J connectivity index is 1.88. The number of hydrogen-bond acceptors (Lipinski definition) is 2. The van der Waals surface area contributed by atoms with E-state index in [0.717, 1.165) is 18.5 Å². The summed E-state index contributed by atoms with van der Waals surface area (Å²) in [5.41, 5.74) is 2.15. The molecule has 1 fully saturated rings. The Bertz CT molecular complexity index is 594. The molecule has 1 saturated carbocycles. The van der Waals surface area contributed by atoms with E-state index in [1.165, 1.54) is 31.2 Å². The molecule has 0 unspecified atom stereocenters. The molecule has 0 bridgehead atoms. The third-order valence-corrected chi connectivity index (χ3v) is 5.28. The molecule has 26 heavy (non-hydrogen) atoms. The van der Waals surface area contributed by atoms with Gasteiger partial charge in [-0.1, -0.05) is 58.6 Å². The molecule has 2 rings (SSSR count). The van der Waals surface area contributed by atoms with E-state index in [0.29, 0.717) is 19.0 Å². The number of carbonyl (C=O) groups excluding carboxylic acids is 2. The Labute approximate surface area is 158 Å². The van der Waals surface area contributed by atoms with Gasteiger partial charge in [0.2, 0.25) is 11.8 Å². The highest BCUT2D eigenvalue weighted by molar-refractivity contribution is 5.91. The lowest BCUT2D eigenvalue weighted by atomic mass is 9.87. The zero-order valence-electron chi connectivity index (χ0n) is 16.8. The van der Waals surface area contributed by atoms with E-state index >= 15 is 0 Å². The van der Waals surface area contributed by atoms with E-state index in [2.05, 4.69) is 38.2 Å². The number of nitrogens with one attached hydrogen (secondary N) is 1. The lowest BCUT2D eigenvalue weighted by Crippen LogP contribution is -2.40. The Kier molecular flexibility index (Phi) is 7.24. The second-order valence-corrected chi connectivity index (χ2v) is 8.48. The molecule has 0 heterocycles. The van der Waals surface area contributed by atoms with Gasteiger partial charge in [0, 0.05) is 31.6 Å². The molecule has 0 saturated heterocycles. The summed E-state index contributed by atoms with van der Waals surface area (Å²) in [5.74, 6) is 0.0487. The molecule has 0 spiro atoms. The first-order valence-electron chi connectivity index (χ1n) is 9.95. The van der Waals surface area contributed by atoms with Crippen molar-refractivity contribution in [2.75, 3.05) is 11.9 Å². The summed E-state index contributed by atoms with van der Waals surface area (Å²) in [6.07, 6.45) is 7.35. The Morgan fingerprint density at radius 2 is 1.62 bits per heavy atom. The van der Waals surface area contributed by atoms with Crippen LogP contribution in [0.4, 0.5) is 5.69 Å². The number of hydrogen-bond donors (Lipinski definition) is 1. The van der Waals surface area contributed by atoms with Crippen molar-refractivity contribution in [1.29, 1.82) is 0 Å². The summed E-state index contributed by atoms with van der Waals surface area (Å²) in [7, 11) is 0. The molecule has 144 valence electrons. The number of carbonyl (C=O) groups is 2. The highest BCUT2D eigenvalue weighted by Gasteiger charge is 2.22. The van der Waals surface area contributed by atoms with Gasteiger partial charge in [0.25, 0.3) is 0 Å². The third-order valence-electron chi connectivity index (χ3n) is 5.28. The maximum absolute atomic E-state index is 12.3. The number of rotatable bonds is 5. The van der Waals surface area contributed by atoms with Crippen molar-refractivity contribution >= 4 is 17.5 Å². The van der Waals surface area contributed by atoms with Gasteiger partial charge in [-0.05, 0) is 36.0 Å². The Morgan fingerprint density at radius 1 is 1.04 bits per heavy atom. The Hall–Kier alpha value is -1.84. The first-order chi connectivity index (χ1) is 12.3. The quantitative estimate of drug-likeness (QED) is 0.762. The minimum absolute atomic E-state index is 0.0339. The fourth-order valence-electron chi connectivity index (χ4n) is 3.67. The first-order valence-corrected chi connectivity index (χ1v) is 9.95. The summed E-state index contributed by atoms with van der Waals surface area (Å²) in [5, 5.41) is 2.95. The van der Waals surface area contributed by atoms with Gasteiger partial charge in [0.1, 0.15) is 0 Å². The normalized spacial score (nSPS) is 16.0. The molecular weight excluding hydrogens is 324 g/mol. The minimum atomic E-state index is -0.0339. The van der Waals surface area contributed by atoms with Crippen molar-refractivity contribution in [2.24, 2.45) is 0 Å². The largest absolute Gasteiger partial charge is 0.339 e. The summed E-state index contributed by atoms with van der Waals surface area (Å²) < 4.78 is 0. The smallest absolute Gasteiger partial charge is 0.226 e. The van der Waals surface area contributed by atoms with Gasteiger partial charge in [-0.15, -0.1) is 0 Å². The van der Waals surface area contributed by atoms with E-state index in [1.54, 1.807) is 6.92 Å². The number of nitrogens with zero attached hydrogens (tertiary/aromatic N) is 1. The van der Waals surface area contributed by atoms with Crippen LogP contribution in [0.1, 0.15) is 78.2 Å². The summed E-state index contributed by atoms with van der Waals surface area (Å²) in [6.45, 7) is 8.64. The fourth-order valence-corrected chi connectivity index (χ4v) is 3.67. The van der Waals surface area contributed by atoms with Crippen LogP contribution in [-0.2, 0) is 15.0 Å². The Morgan fingerprint density at radius 3 is 2.12 bits per heavy atom. The van der Waals surface area contributed by atoms with Crippen molar-refractivity contribution in [3.05, 3.63) is 29.8 Å². The monoisotopic (exact) mass is 358 g/mol. The first kappa shape index (κ1) is 20.5. The summed E-state index contributed by atoms with van der Waals surface area (Å²) >= 11 is 0. The predicted octanol–water partition coefficient (Wildman–Crippen LogP) is 4.88. The van der Waals surface area contributed by atoms with E-state index in [-0.39, 0.29) is 17.2 Å². The van der Waals surface area contributed by atoms with Crippen LogP contribution in [0.15, 0.2) is 24.3 Å². The lowest BCUT2D eigenvalue weighted by Gasteiger charge is -2.30. The average Bonchev–Trinajstić information content (AvgIpc) is 2.83. The second-order valence-electron chi connectivity index (χ2n) is 8.48. The predicted molar refractivity (Wildman–Crippen MR) is 107 cm³/mol. The molecule has 1 aliphatic carbocycles. The van der Waals surface area contributed by atoms with Crippen molar-refractivity contribution in [1.82, 2.24) is 4.90 Å². The van der Waals surface area contributed by atoms with Gasteiger partial charge in [-0.3, -0.25) is 9.59 Å². The molecule has 0 aromatic heterocycles. The highest BCUT2D eigenvalue weighted by atomic mass is 16.2. The molecule has 0 aliphatic heterocycles. The van der Waals surface area contributed by atoms with Crippen LogP contribution in [0, 0.1) is 0 Å². The maximum atomic E-state index is 12.3. The molecule has 1 aromatic carbocycles. The molecule has 0 radical (unpaired) electrons. The van der Waals surface area contributed by atoms with Crippen molar-refractivity contribution in [3.63, 3.8) is 0 Å². The zero-order chi connectivity index (χ0) is 19.2. The van der Waals surface area contributed by atoms with Gasteiger partial charge >= 0.3 is 0 Å². The molecule has 4 nitrogen and oxygen atoms in total. The zero-order valence-corrected chi connectivity index (χ0v) is 16.8. The van der Waals surface area contributed by atoms with Crippen LogP contribution < -0.4 is 5.32 Å². The average molecular weight is 359 g/mol. The number of anilines is 1. The SMILES string of the molecule is CC(=O)N(CCC(=O)Nc1ccc(C(C)(C)C)cc1)C1CCCCCC1. The molecule has 4 heteroatoms. The van der Waals surface area contributed by atoms with E-state index < -0.39 is 0 Å². The van der Waals surface area contributed by atoms with Crippen LogP contribution >= 0.6 is 0 Å². The van der Waals surface area contributed by atoms with Crippen molar-refractivity contribution in [2.45, 2.75) is 84.1 Å². The van der Waals surface area contributed by atoms with Crippen molar-refractivity contribution in [3.8, 4) is 0 Å². The van der Waals surface area contributed by atoms with E-state index in [1.807, 2.05) is 17.0 Å². The number of benzene rings is 1. The number of amides is 2. The molecule has 1 aromatic rings. The van der Waals surface area contributed by atoms with Crippen LogP contribution in [0.2, 0.25) is 0 Å². The van der Waals surface area contributed by atoms with Gasteiger partial charge in [-0.25, -0.2) is 0 Å². The van der Waals surface area contributed by atoms with Gasteiger partial charge in [0.05, 0.1) is 0 Å².